The van der Waals surface area contributed by atoms with Crippen LogP contribution >= 0.6 is 27.3 Å². The van der Waals surface area contributed by atoms with Crippen molar-refractivity contribution in [1.29, 1.82) is 0 Å². The largest absolute Gasteiger partial charge is 0.492 e. The molecule has 1 atom stereocenters. The lowest BCUT2D eigenvalue weighted by molar-refractivity contribution is 0.277. The fraction of sp³-hybridized carbons (Fsp3) is 0.412. The Hall–Kier alpha value is -1.44. The molecule has 4 rings (SSSR count). The number of hydrogen-bond donors (Lipinski definition) is 1. The highest BCUT2D eigenvalue weighted by Gasteiger charge is 2.30. The van der Waals surface area contributed by atoms with E-state index in [0.29, 0.717) is 0 Å². The van der Waals surface area contributed by atoms with Crippen molar-refractivity contribution >= 4 is 32.2 Å². The van der Waals surface area contributed by atoms with Crippen LogP contribution in [0.4, 0.5) is 0 Å². The van der Waals surface area contributed by atoms with E-state index in [1.165, 1.54) is 18.4 Å². The topological polar surface area (TPSA) is 53.7 Å². The molecule has 1 aromatic carbocycles. The van der Waals surface area contributed by atoms with E-state index in [1.54, 1.807) is 15.9 Å². The van der Waals surface area contributed by atoms with Crippen LogP contribution < -0.4 is 0 Å². The van der Waals surface area contributed by atoms with Crippen molar-refractivity contribution in [3.63, 3.8) is 0 Å². The molecule has 1 N–H and O–H groups in total. The van der Waals surface area contributed by atoms with E-state index in [0.717, 1.165) is 39.6 Å². The van der Waals surface area contributed by atoms with Gasteiger partial charge in [-0.05, 0) is 43.6 Å². The number of aryl methyl sites for hydroxylation is 1. The molecule has 0 radical (unpaired) electrons. The average molecular weight is 407 g/mol. The summed E-state index contributed by atoms with van der Waals surface area (Å²) in [5.74, 6) is 0.992. The maximum atomic E-state index is 10.8. The average Bonchev–Trinajstić information content (AvgIpc) is 3.29. The fourth-order valence-corrected chi connectivity index (χ4v) is 4.69. The molecule has 1 unspecified atom stereocenters. The van der Waals surface area contributed by atoms with E-state index in [-0.39, 0.29) is 11.9 Å². The maximum Gasteiger partial charge on any atom is 0.230 e. The van der Waals surface area contributed by atoms with Crippen LogP contribution in [0.1, 0.15) is 42.1 Å². The zero-order chi connectivity index (χ0) is 16.7. The minimum Gasteiger partial charge on any atom is -0.492 e. The zero-order valence-corrected chi connectivity index (χ0v) is 15.8. The number of thiazole rings is 1. The van der Waals surface area contributed by atoms with Crippen LogP contribution in [0, 0.1) is 0 Å². The van der Waals surface area contributed by atoms with Gasteiger partial charge in [0.15, 0.2) is 5.82 Å². The molecule has 0 amide bonds. The third kappa shape index (κ3) is 2.74. The summed E-state index contributed by atoms with van der Waals surface area (Å²) in [5, 5.41) is 15.2. The molecule has 7 heteroatoms. The number of aromatic nitrogens is 3. The molecule has 0 spiro atoms. The second kappa shape index (κ2) is 6.46. The first-order valence-corrected chi connectivity index (χ1v) is 9.85. The van der Waals surface area contributed by atoms with Crippen LogP contribution in [0.5, 0.6) is 5.88 Å². The van der Waals surface area contributed by atoms with Gasteiger partial charge in [-0.2, -0.15) is 4.52 Å². The number of likely N-dealkylation sites (tertiary alicyclic amines) is 1. The highest BCUT2D eigenvalue weighted by Crippen LogP contribution is 2.41. The van der Waals surface area contributed by atoms with Gasteiger partial charge < -0.3 is 5.11 Å². The standard InChI is InChI=1S/C17H19BrN4OS/c1-2-13-19-17-22(20-13)16(23)15(24-17)14(21-9-3-4-10-21)11-5-7-12(18)8-6-11/h5-8,14,23H,2-4,9-10H2,1H3. The predicted octanol–water partition coefficient (Wildman–Crippen LogP) is 4.01. The molecule has 1 aliphatic rings. The number of halogens is 1. The Morgan fingerprint density at radius 3 is 2.58 bits per heavy atom. The molecule has 24 heavy (non-hydrogen) atoms. The molecule has 1 fully saturated rings. The molecule has 3 aromatic rings. The van der Waals surface area contributed by atoms with Gasteiger partial charge in [0.05, 0.1) is 10.9 Å². The van der Waals surface area contributed by atoms with Crippen LogP contribution in [0.3, 0.4) is 0 Å². The Balaban J connectivity index is 1.82. The van der Waals surface area contributed by atoms with Gasteiger partial charge in [0.1, 0.15) is 0 Å². The van der Waals surface area contributed by atoms with Crippen molar-refractivity contribution in [2.45, 2.75) is 32.2 Å². The Kier molecular flexibility index (Phi) is 4.32. The summed E-state index contributed by atoms with van der Waals surface area (Å²) >= 11 is 5.04. The summed E-state index contributed by atoms with van der Waals surface area (Å²) in [6.45, 7) is 4.12. The molecule has 5 nitrogen and oxygen atoms in total. The summed E-state index contributed by atoms with van der Waals surface area (Å²) in [4.78, 5) is 8.65. The molecular weight excluding hydrogens is 388 g/mol. The Bertz CT molecular complexity index is 851. The van der Waals surface area contributed by atoms with Gasteiger partial charge in [-0.1, -0.05) is 46.3 Å². The lowest BCUT2D eigenvalue weighted by atomic mass is 10.0. The zero-order valence-electron chi connectivity index (χ0n) is 13.4. The highest BCUT2D eigenvalue weighted by molar-refractivity contribution is 9.10. The first-order valence-electron chi connectivity index (χ1n) is 8.24. The molecule has 3 heterocycles. The fourth-order valence-electron chi connectivity index (χ4n) is 3.29. The molecule has 0 saturated carbocycles. The maximum absolute atomic E-state index is 10.8. The summed E-state index contributed by atoms with van der Waals surface area (Å²) in [6.07, 6.45) is 3.18. The third-order valence-electron chi connectivity index (χ3n) is 4.50. The minimum absolute atomic E-state index is 0.0548. The quantitative estimate of drug-likeness (QED) is 0.710. The van der Waals surface area contributed by atoms with E-state index in [2.05, 4.69) is 55.2 Å². The third-order valence-corrected chi connectivity index (χ3v) is 6.10. The normalized spacial score (nSPS) is 16.9. The van der Waals surface area contributed by atoms with Crippen molar-refractivity contribution < 1.29 is 5.11 Å². The minimum atomic E-state index is 0.0548. The molecule has 1 saturated heterocycles. The summed E-state index contributed by atoms with van der Waals surface area (Å²) in [5.41, 5.74) is 1.19. The van der Waals surface area contributed by atoms with Crippen molar-refractivity contribution in [2.75, 3.05) is 13.1 Å². The van der Waals surface area contributed by atoms with Gasteiger partial charge in [-0.15, -0.1) is 5.10 Å². The van der Waals surface area contributed by atoms with E-state index in [9.17, 15) is 5.11 Å². The van der Waals surface area contributed by atoms with Gasteiger partial charge in [0.25, 0.3) is 0 Å². The van der Waals surface area contributed by atoms with Gasteiger partial charge in [-0.3, -0.25) is 4.90 Å². The number of benzene rings is 1. The van der Waals surface area contributed by atoms with Crippen molar-refractivity contribution in [3.8, 4) is 5.88 Å². The molecule has 126 valence electrons. The summed E-state index contributed by atoms with van der Waals surface area (Å²) in [7, 11) is 0. The number of fused-ring (bicyclic) bond motifs is 1. The van der Waals surface area contributed by atoms with E-state index in [1.807, 2.05) is 6.92 Å². The van der Waals surface area contributed by atoms with Crippen LogP contribution in [0.2, 0.25) is 0 Å². The van der Waals surface area contributed by atoms with Gasteiger partial charge in [-0.25, -0.2) is 4.98 Å². The van der Waals surface area contributed by atoms with E-state index < -0.39 is 0 Å². The van der Waals surface area contributed by atoms with Crippen molar-refractivity contribution in [2.24, 2.45) is 0 Å². The molecule has 2 aromatic heterocycles. The first-order chi connectivity index (χ1) is 11.7. The highest BCUT2D eigenvalue weighted by atomic mass is 79.9. The number of hydrogen-bond acceptors (Lipinski definition) is 5. The van der Waals surface area contributed by atoms with Crippen LogP contribution in [0.15, 0.2) is 28.7 Å². The molecule has 0 bridgehead atoms. The Morgan fingerprint density at radius 1 is 1.25 bits per heavy atom. The lowest BCUT2D eigenvalue weighted by Gasteiger charge is -2.27. The van der Waals surface area contributed by atoms with Gasteiger partial charge in [0, 0.05) is 10.9 Å². The molecule has 0 aliphatic carbocycles. The SMILES string of the molecule is CCc1nc2sc(C(c3ccc(Br)cc3)N3CCCC3)c(O)n2n1. The summed E-state index contributed by atoms with van der Waals surface area (Å²) < 4.78 is 2.65. The number of aromatic hydroxyl groups is 1. The summed E-state index contributed by atoms with van der Waals surface area (Å²) in [6, 6.07) is 8.42. The van der Waals surface area contributed by atoms with E-state index >= 15 is 0 Å². The van der Waals surface area contributed by atoms with Crippen LogP contribution in [-0.2, 0) is 6.42 Å². The second-order valence-corrected chi connectivity index (χ2v) is 7.99. The second-order valence-electron chi connectivity index (χ2n) is 6.06. The smallest absolute Gasteiger partial charge is 0.230 e. The van der Waals surface area contributed by atoms with Crippen molar-refractivity contribution in [3.05, 3.63) is 45.0 Å². The number of nitrogens with zero attached hydrogens (tertiary/aromatic N) is 4. The Morgan fingerprint density at radius 2 is 1.96 bits per heavy atom. The van der Waals surface area contributed by atoms with Crippen LogP contribution in [-0.4, -0.2) is 37.7 Å². The monoisotopic (exact) mass is 406 g/mol. The van der Waals surface area contributed by atoms with Gasteiger partial charge >= 0.3 is 0 Å². The predicted molar refractivity (Wildman–Crippen MR) is 98.7 cm³/mol. The molecule has 1 aliphatic heterocycles. The molecular formula is C17H19BrN4OS. The Labute approximate surface area is 153 Å². The number of rotatable bonds is 4. The van der Waals surface area contributed by atoms with E-state index in [4.69, 9.17) is 0 Å². The van der Waals surface area contributed by atoms with Gasteiger partial charge in [0.2, 0.25) is 10.8 Å². The lowest BCUT2D eigenvalue weighted by Crippen LogP contribution is -2.26. The van der Waals surface area contributed by atoms with Crippen molar-refractivity contribution in [1.82, 2.24) is 19.5 Å². The first kappa shape index (κ1) is 16.1. The van der Waals surface area contributed by atoms with Crippen LogP contribution in [0.25, 0.3) is 4.96 Å².